The Bertz CT molecular complexity index is 1310. The van der Waals surface area contributed by atoms with Gasteiger partial charge in [-0.05, 0) is 37.3 Å². The number of rotatable bonds is 4. The minimum Gasteiger partial charge on any atom is -0.744 e. The predicted molar refractivity (Wildman–Crippen MR) is 102 cm³/mol. The Kier molecular flexibility index (Phi) is 6.69. The molecule has 13 heteroatoms. The topological polar surface area (TPSA) is 192 Å². The Labute approximate surface area is 192 Å². The van der Waals surface area contributed by atoms with Crippen LogP contribution in [0.4, 0.5) is 22.7 Å². The monoisotopic (exact) mass is 440 g/mol. The van der Waals surface area contributed by atoms with Gasteiger partial charge in [-0.25, -0.2) is 8.42 Å². The van der Waals surface area contributed by atoms with Gasteiger partial charge in [-0.15, -0.1) is 10.2 Å². The zero-order valence-corrected chi connectivity index (χ0v) is 18.5. The van der Waals surface area contributed by atoms with Gasteiger partial charge in [-0.1, -0.05) is 6.07 Å². The average Bonchev–Trinajstić information content (AvgIpc) is 2.62. The Morgan fingerprint density at radius 1 is 1.07 bits per heavy atom. The first-order chi connectivity index (χ1) is 13.5. The van der Waals surface area contributed by atoms with Crippen molar-refractivity contribution in [3.05, 3.63) is 52.1 Å². The van der Waals surface area contributed by atoms with Gasteiger partial charge >= 0.3 is 35.2 Å². The van der Waals surface area contributed by atoms with Crippen molar-refractivity contribution in [3.8, 4) is 11.5 Å². The number of nitro benzene ring substituents is 1. The second kappa shape index (κ2) is 8.53. The van der Waals surface area contributed by atoms with Crippen LogP contribution in [0.1, 0.15) is 5.56 Å². The zero-order chi connectivity index (χ0) is 21.5. The third kappa shape index (κ3) is 4.22. The number of nitrogens with two attached hydrogens (primary N) is 1. The Morgan fingerprint density at radius 3 is 2.33 bits per heavy atom. The number of anilines is 1. The fraction of sp³-hybridized carbons (Fsp3) is 0.0588. The predicted octanol–water partition coefficient (Wildman–Crippen LogP) is 0.373. The number of nitrogen functional groups attached to an aromatic ring is 1. The fourth-order valence-corrected chi connectivity index (χ4v) is 3.49. The molecular weight excluding hydrogens is 427 g/mol. The largest absolute Gasteiger partial charge is 1.00 e. The van der Waals surface area contributed by atoms with E-state index in [0.717, 1.165) is 18.2 Å². The Balaban J connectivity index is 0.00000320. The first-order valence-corrected chi connectivity index (χ1v) is 9.32. The van der Waals surface area contributed by atoms with Gasteiger partial charge in [0.2, 0.25) is 5.69 Å². The molecule has 0 saturated carbocycles. The summed E-state index contributed by atoms with van der Waals surface area (Å²) in [5, 5.41) is 38.8. The van der Waals surface area contributed by atoms with E-state index in [9.17, 15) is 33.3 Å². The second-order valence-electron chi connectivity index (χ2n) is 6.02. The number of hydrogen-bond donors (Lipinski definition) is 3. The first-order valence-electron chi connectivity index (χ1n) is 7.91. The molecule has 0 bridgehead atoms. The van der Waals surface area contributed by atoms with Crippen molar-refractivity contribution in [2.24, 2.45) is 10.2 Å². The van der Waals surface area contributed by atoms with E-state index in [1.807, 2.05) is 0 Å². The SMILES string of the molecule is Cc1ccc(O)c(N=Nc2ccc3c(S(=O)(=O)[O-])ccc(N)c3c2O)c1[N+](=O)[O-].[Na+]. The molecule has 3 aromatic rings. The van der Waals surface area contributed by atoms with Crippen LogP contribution in [0.3, 0.4) is 0 Å². The third-order valence-electron chi connectivity index (χ3n) is 4.17. The van der Waals surface area contributed by atoms with E-state index in [2.05, 4.69) is 10.2 Å². The maximum absolute atomic E-state index is 11.4. The molecule has 0 unspecified atom stereocenters. The van der Waals surface area contributed by atoms with Gasteiger partial charge in [-0.2, -0.15) is 0 Å². The molecule has 3 aromatic carbocycles. The van der Waals surface area contributed by atoms with Crippen molar-refractivity contribution in [3.63, 3.8) is 0 Å². The quantitative estimate of drug-likeness (QED) is 0.129. The molecule has 0 spiro atoms. The van der Waals surface area contributed by atoms with E-state index in [0.29, 0.717) is 0 Å². The molecule has 0 amide bonds. The summed E-state index contributed by atoms with van der Waals surface area (Å²) in [6, 6.07) is 7.08. The number of aryl methyl sites for hydroxylation is 1. The van der Waals surface area contributed by atoms with Crippen molar-refractivity contribution in [2.75, 3.05) is 5.73 Å². The second-order valence-corrected chi connectivity index (χ2v) is 7.37. The van der Waals surface area contributed by atoms with E-state index in [1.54, 1.807) is 0 Å². The Morgan fingerprint density at radius 2 is 1.73 bits per heavy atom. The number of fused-ring (bicyclic) bond motifs is 1. The summed E-state index contributed by atoms with van der Waals surface area (Å²) in [4.78, 5) is 9.96. The van der Waals surface area contributed by atoms with Crippen LogP contribution in [0.2, 0.25) is 0 Å². The number of azo groups is 1. The molecule has 0 radical (unpaired) electrons. The van der Waals surface area contributed by atoms with Crippen molar-refractivity contribution < 1.29 is 57.7 Å². The van der Waals surface area contributed by atoms with Crippen molar-refractivity contribution in [2.45, 2.75) is 11.8 Å². The van der Waals surface area contributed by atoms with Gasteiger partial charge in [0.25, 0.3) is 0 Å². The number of hydrogen-bond acceptors (Lipinski definition) is 10. The van der Waals surface area contributed by atoms with E-state index in [-0.39, 0.29) is 57.3 Å². The summed E-state index contributed by atoms with van der Waals surface area (Å²) in [5.74, 6) is -1.07. The van der Waals surface area contributed by atoms with Crippen LogP contribution in [0.15, 0.2) is 51.5 Å². The van der Waals surface area contributed by atoms with Crippen LogP contribution in [-0.4, -0.2) is 28.1 Å². The fourth-order valence-electron chi connectivity index (χ4n) is 2.82. The van der Waals surface area contributed by atoms with Gasteiger partial charge < -0.3 is 20.5 Å². The first kappa shape index (κ1) is 23.5. The summed E-state index contributed by atoms with van der Waals surface area (Å²) < 4.78 is 34.3. The summed E-state index contributed by atoms with van der Waals surface area (Å²) in [7, 11) is -4.84. The number of phenols is 2. The van der Waals surface area contributed by atoms with Crippen molar-refractivity contribution in [1.82, 2.24) is 0 Å². The molecule has 0 aliphatic heterocycles. The average molecular weight is 440 g/mol. The minimum atomic E-state index is -4.84. The molecule has 0 saturated heterocycles. The third-order valence-corrected chi connectivity index (χ3v) is 5.06. The number of nitro groups is 1. The maximum atomic E-state index is 11.4. The molecule has 30 heavy (non-hydrogen) atoms. The van der Waals surface area contributed by atoms with Gasteiger partial charge in [0.15, 0.2) is 5.75 Å². The van der Waals surface area contributed by atoms with Crippen LogP contribution in [-0.2, 0) is 10.1 Å². The van der Waals surface area contributed by atoms with Crippen LogP contribution < -0.4 is 35.3 Å². The van der Waals surface area contributed by atoms with Crippen LogP contribution in [0, 0.1) is 17.0 Å². The summed E-state index contributed by atoms with van der Waals surface area (Å²) in [6.07, 6.45) is 0. The van der Waals surface area contributed by atoms with E-state index in [1.165, 1.54) is 25.1 Å². The number of benzene rings is 3. The van der Waals surface area contributed by atoms with E-state index < -0.39 is 42.8 Å². The maximum Gasteiger partial charge on any atom is 1.00 e. The molecular formula is C17H13N4NaO7S. The van der Waals surface area contributed by atoms with E-state index >= 15 is 0 Å². The van der Waals surface area contributed by atoms with Crippen LogP contribution in [0.5, 0.6) is 11.5 Å². The molecule has 0 aromatic heterocycles. The van der Waals surface area contributed by atoms with Crippen molar-refractivity contribution in [1.29, 1.82) is 0 Å². The molecule has 0 atom stereocenters. The molecule has 3 rings (SSSR count). The smallest absolute Gasteiger partial charge is 0.744 e. The van der Waals surface area contributed by atoms with Gasteiger partial charge in [0, 0.05) is 16.6 Å². The van der Waals surface area contributed by atoms with Gasteiger partial charge in [-0.3, -0.25) is 10.1 Å². The Hall–Kier alpha value is -2.77. The van der Waals surface area contributed by atoms with Crippen LogP contribution >= 0.6 is 0 Å². The minimum absolute atomic E-state index is 0. The normalized spacial score (nSPS) is 11.5. The zero-order valence-electron chi connectivity index (χ0n) is 15.7. The van der Waals surface area contributed by atoms with Crippen molar-refractivity contribution >= 4 is 43.6 Å². The number of nitrogens with zero attached hydrogens (tertiary/aromatic N) is 3. The summed E-state index contributed by atoms with van der Waals surface area (Å²) in [5.41, 5.74) is 4.92. The molecule has 0 aliphatic rings. The molecule has 0 fully saturated rings. The standard InChI is InChI=1S/C17H14N4O7S.Na/c1-8-2-6-12(22)15(16(8)21(24)25)20-19-11-5-3-9-13(29(26,27)28)7-4-10(18)14(9)17(11)23;/h2-7,22-23H,18H2,1H3,(H,26,27,28);/q;+1/p-1. The molecule has 0 aliphatic carbocycles. The van der Waals surface area contributed by atoms with Crippen LogP contribution in [0.25, 0.3) is 10.8 Å². The van der Waals surface area contributed by atoms with Gasteiger partial charge in [0.05, 0.1) is 15.2 Å². The summed E-state index contributed by atoms with van der Waals surface area (Å²) in [6.45, 7) is 1.45. The van der Waals surface area contributed by atoms with E-state index in [4.69, 9.17) is 5.73 Å². The molecule has 0 heterocycles. The molecule has 11 nitrogen and oxygen atoms in total. The molecule has 4 N–H and O–H groups in total. The van der Waals surface area contributed by atoms with Gasteiger partial charge in [0.1, 0.15) is 21.6 Å². The number of phenolic OH excluding ortho intramolecular Hbond substituents is 2. The summed E-state index contributed by atoms with van der Waals surface area (Å²) >= 11 is 0. The molecule has 150 valence electrons. The number of aromatic hydroxyl groups is 2.